The molecule has 17 heavy (non-hydrogen) atoms. The van der Waals surface area contributed by atoms with Gasteiger partial charge in [0.05, 0.1) is 0 Å². The zero-order chi connectivity index (χ0) is 12.1. The average Bonchev–Trinajstić information content (AvgIpc) is 3.20. The van der Waals surface area contributed by atoms with E-state index < -0.39 is 0 Å². The lowest BCUT2D eigenvalue weighted by Crippen LogP contribution is -2.33. The molecule has 98 valence electrons. The van der Waals surface area contributed by atoms with Gasteiger partial charge in [0.25, 0.3) is 0 Å². The summed E-state index contributed by atoms with van der Waals surface area (Å²) in [5.41, 5.74) is 0.357. The molecule has 4 heteroatoms. The summed E-state index contributed by atoms with van der Waals surface area (Å²) in [5, 5.41) is 6.41. The van der Waals surface area contributed by atoms with Crippen molar-refractivity contribution < 1.29 is 9.53 Å². The lowest BCUT2D eigenvalue weighted by molar-refractivity contribution is -0.121. The van der Waals surface area contributed by atoms with Crippen LogP contribution in [0.2, 0.25) is 0 Å². The third-order valence-electron chi connectivity index (χ3n) is 3.82. The molecule has 2 aliphatic rings. The van der Waals surface area contributed by atoms with Crippen LogP contribution in [-0.2, 0) is 9.53 Å². The SMILES string of the molecule is COCCC1(CNC(=O)CCNC2CC2)CC1. The Bertz CT molecular complexity index is 260. The van der Waals surface area contributed by atoms with Crippen molar-refractivity contribution in [1.29, 1.82) is 0 Å². The van der Waals surface area contributed by atoms with E-state index in [4.69, 9.17) is 4.74 Å². The normalized spacial score (nSPS) is 21.2. The van der Waals surface area contributed by atoms with Gasteiger partial charge in [-0.05, 0) is 37.5 Å². The first-order valence-electron chi connectivity index (χ1n) is 6.73. The number of nitrogens with one attached hydrogen (secondary N) is 2. The smallest absolute Gasteiger partial charge is 0.221 e. The highest BCUT2D eigenvalue weighted by atomic mass is 16.5. The first kappa shape index (κ1) is 12.8. The summed E-state index contributed by atoms with van der Waals surface area (Å²) < 4.78 is 5.10. The molecular formula is C13H24N2O2. The summed E-state index contributed by atoms with van der Waals surface area (Å²) in [5.74, 6) is 0.182. The first-order valence-corrected chi connectivity index (χ1v) is 6.73. The summed E-state index contributed by atoms with van der Waals surface area (Å²) in [6.07, 6.45) is 6.71. The van der Waals surface area contributed by atoms with Gasteiger partial charge in [-0.15, -0.1) is 0 Å². The minimum atomic E-state index is 0.182. The lowest BCUT2D eigenvalue weighted by atomic mass is 10.0. The van der Waals surface area contributed by atoms with Gasteiger partial charge in [-0.25, -0.2) is 0 Å². The van der Waals surface area contributed by atoms with Crippen molar-refractivity contribution in [3.05, 3.63) is 0 Å². The van der Waals surface area contributed by atoms with Crippen molar-refractivity contribution in [2.24, 2.45) is 5.41 Å². The van der Waals surface area contributed by atoms with Crippen LogP contribution in [0.1, 0.15) is 38.5 Å². The Hall–Kier alpha value is -0.610. The van der Waals surface area contributed by atoms with Gasteiger partial charge in [-0.1, -0.05) is 0 Å². The molecule has 4 nitrogen and oxygen atoms in total. The van der Waals surface area contributed by atoms with E-state index in [1.165, 1.54) is 25.7 Å². The van der Waals surface area contributed by atoms with E-state index in [0.717, 1.165) is 26.1 Å². The van der Waals surface area contributed by atoms with Gasteiger partial charge >= 0.3 is 0 Å². The highest BCUT2D eigenvalue weighted by Gasteiger charge is 2.41. The zero-order valence-electron chi connectivity index (χ0n) is 10.8. The molecule has 1 amide bonds. The largest absolute Gasteiger partial charge is 0.385 e. The van der Waals surface area contributed by atoms with Gasteiger partial charge in [0.15, 0.2) is 0 Å². The number of rotatable bonds is 9. The number of carbonyl (C=O) groups is 1. The molecule has 2 fully saturated rings. The number of ether oxygens (including phenoxy) is 1. The van der Waals surface area contributed by atoms with Crippen LogP contribution < -0.4 is 10.6 Å². The topological polar surface area (TPSA) is 50.4 Å². The van der Waals surface area contributed by atoms with Crippen LogP contribution in [0.3, 0.4) is 0 Å². The molecule has 2 N–H and O–H groups in total. The van der Waals surface area contributed by atoms with Gasteiger partial charge < -0.3 is 15.4 Å². The van der Waals surface area contributed by atoms with Crippen molar-refractivity contribution in [3.63, 3.8) is 0 Å². The molecule has 2 rings (SSSR count). The quantitative estimate of drug-likeness (QED) is 0.633. The van der Waals surface area contributed by atoms with E-state index in [2.05, 4.69) is 10.6 Å². The molecule has 0 unspecified atom stereocenters. The molecule has 0 aromatic carbocycles. The average molecular weight is 240 g/mol. The maximum Gasteiger partial charge on any atom is 0.221 e. The molecule has 0 radical (unpaired) electrons. The molecule has 0 aromatic heterocycles. The van der Waals surface area contributed by atoms with Crippen LogP contribution in [0, 0.1) is 5.41 Å². The van der Waals surface area contributed by atoms with Crippen molar-refractivity contribution >= 4 is 5.91 Å². The number of carbonyl (C=O) groups excluding carboxylic acids is 1. The summed E-state index contributed by atoms with van der Waals surface area (Å²) in [6, 6.07) is 0.694. The van der Waals surface area contributed by atoms with Gasteiger partial charge in [-0.3, -0.25) is 4.79 Å². The van der Waals surface area contributed by atoms with E-state index in [1.54, 1.807) is 7.11 Å². The van der Waals surface area contributed by atoms with Crippen molar-refractivity contribution in [2.75, 3.05) is 26.8 Å². The molecular weight excluding hydrogens is 216 g/mol. The van der Waals surface area contributed by atoms with Crippen LogP contribution in [0.15, 0.2) is 0 Å². The van der Waals surface area contributed by atoms with Gasteiger partial charge in [0, 0.05) is 39.3 Å². The van der Waals surface area contributed by atoms with E-state index >= 15 is 0 Å². The Labute approximate surface area is 103 Å². The predicted octanol–water partition coefficient (Wildman–Crippen LogP) is 1.06. The Morgan fingerprint density at radius 1 is 1.41 bits per heavy atom. The van der Waals surface area contributed by atoms with Crippen LogP contribution in [-0.4, -0.2) is 38.8 Å². The zero-order valence-corrected chi connectivity index (χ0v) is 10.8. The second kappa shape index (κ2) is 5.83. The number of hydrogen-bond donors (Lipinski definition) is 2. The monoisotopic (exact) mass is 240 g/mol. The van der Waals surface area contributed by atoms with E-state index in [1.807, 2.05) is 0 Å². The first-order chi connectivity index (χ1) is 8.24. The summed E-state index contributed by atoms with van der Waals surface area (Å²) in [4.78, 5) is 11.6. The fourth-order valence-corrected chi connectivity index (χ4v) is 2.06. The highest BCUT2D eigenvalue weighted by Crippen LogP contribution is 2.48. The molecule has 0 atom stereocenters. The third-order valence-corrected chi connectivity index (χ3v) is 3.82. The molecule has 0 aromatic rings. The number of amides is 1. The number of methoxy groups -OCH3 is 1. The molecule has 0 bridgehead atoms. The van der Waals surface area contributed by atoms with Crippen molar-refractivity contribution in [2.45, 2.75) is 44.6 Å². The second-order valence-electron chi connectivity index (χ2n) is 5.50. The Kier molecular flexibility index (Phi) is 4.40. The fraction of sp³-hybridized carbons (Fsp3) is 0.923. The van der Waals surface area contributed by atoms with Crippen molar-refractivity contribution in [1.82, 2.24) is 10.6 Å². The second-order valence-corrected chi connectivity index (χ2v) is 5.50. The van der Waals surface area contributed by atoms with Gasteiger partial charge in [0.2, 0.25) is 5.91 Å². The van der Waals surface area contributed by atoms with Crippen molar-refractivity contribution in [3.8, 4) is 0 Å². The molecule has 0 aliphatic heterocycles. The summed E-state index contributed by atoms with van der Waals surface area (Å²) in [6.45, 7) is 2.46. The standard InChI is InChI=1S/C13H24N2O2/c1-17-9-7-13(5-6-13)10-15-12(16)4-8-14-11-2-3-11/h11,14H,2-10H2,1H3,(H,15,16). The van der Waals surface area contributed by atoms with Crippen LogP contribution >= 0.6 is 0 Å². The highest BCUT2D eigenvalue weighted by molar-refractivity contribution is 5.76. The summed E-state index contributed by atoms with van der Waals surface area (Å²) in [7, 11) is 1.73. The third kappa shape index (κ3) is 4.64. The summed E-state index contributed by atoms with van der Waals surface area (Å²) >= 11 is 0. The minimum Gasteiger partial charge on any atom is -0.385 e. The molecule has 0 saturated heterocycles. The van der Waals surface area contributed by atoms with Gasteiger partial charge in [-0.2, -0.15) is 0 Å². The predicted molar refractivity (Wildman–Crippen MR) is 66.8 cm³/mol. The number of hydrogen-bond acceptors (Lipinski definition) is 3. The maximum atomic E-state index is 11.6. The van der Waals surface area contributed by atoms with E-state index in [9.17, 15) is 4.79 Å². The molecule has 0 spiro atoms. The Balaban J connectivity index is 1.52. The Morgan fingerprint density at radius 3 is 2.76 bits per heavy atom. The molecule has 2 saturated carbocycles. The van der Waals surface area contributed by atoms with E-state index in [0.29, 0.717) is 17.9 Å². The van der Waals surface area contributed by atoms with Gasteiger partial charge in [0.1, 0.15) is 0 Å². The van der Waals surface area contributed by atoms with Crippen LogP contribution in [0.5, 0.6) is 0 Å². The maximum absolute atomic E-state index is 11.6. The Morgan fingerprint density at radius 2 is 2.18 bits per heavy atom. The minimum absolute atomic E-state index is 0.182. The van der Waals surface area contributed by atoms with Crippen LogP contribution in [0.25, 0.3) is 0 Å². The van der Waals surface area contributed by atoms with Crippen LogP contribution in [0.4, 0.5) is 0 Å². The lowest BCUT2D eigenvalue weighted by Gasteiger charge is -2.15. The molecule has 2 aliphatic carbocycles. The fourth-order valence-electron chi connectivity index (χ4n) is 2.06. The molecule has 0 heterocycles. The van der Waals surface area contributed by atoms with E-state index in [-0.39, 0.29) is 5.91 Å².